The number of nitrogens with zero attached hydrogens (tertiary/aromatic N) is 5. The van der Waals surface area contributed by atoms with Crippen LogP contribution in [0.3, 0.4) is 0 Å². The predicted octanol–water partition coefficient (Wildman–Crippen LogP) is 3.05. The molecule has 152 valence electrons. The van der Waals surface area contributed by atoms with Crippen molar-refractivity contribution in [3.63, 3.8) is 0 Å². The Bertz CT molecular complexity index is 769. The topological polar surface area (TPSA) is 65.9 Å². The molecule has 1 atom stereocenters. The van der Waals surface area contributed by atoms with Gasteiger partial charge < -0.3 is 19.9 Å². The summed E-state index contributed by atoms with van der Waals surface area (Å²) >= 11 is 1.63. The quantitative estimate of drug-likeness (QED) is 0.567. The van der Waals surface area contributed by atoms with Crippen LogP contribution in [0.2, 0.25) is 0 Å². The zero-order valence-corrected chi connectivity index (χ0v) is 18.0. The molecule has 2 aromatic rings. The molecule has 28 heavy (non-hydrogen) atoms. The molecule has 2 aromatic heterocycles. The van der Waals surface area contributed by atoms with Gasteiger partial charge in [-0.15, -0.1) is 11.3 Å². The third kappa shape index (κ3) is 5.20. The van der Waals surface area contributed by atoms with E-state index in [2.05, 4.69) is 47.6 Å². The molecule has 0 spiro atoms. The standard InChI is InChI=1S/C20H30N6OS/c1-15(27-4)19-24-17(14-28-19)13-25(3)20(21-2)23-12-16-7-8-18(22-11-16)26-9-5-6-10-26/h7-8,11,14-15H,5-6,9-10,12-13H2,1-4H3,(H,21,23). The summed E-state index contributed by atoms with van der Waals surface area (Å²) in [5.74, 6) is 1.91. The number of hydrogen-bond acceptors (Lipinski definition) is 6. The second-order valence-electron chi connectivity index (χ2n) is 7.03. The molecule has 0 bridgehead atoms. The average molecular weight is 403 g/mol. The lowest BCUT2D eigenvalue weighted by molar-refractivity contribution is 0.119. The van der Waals surface area contributed by atoms with Crippen molar-refractivity contribution >= 4 is 23.1 Å². The van der Waals surface area contributed by atoms with Gasteiger partial charge in [0.05, 0.1) is 12.2 Å². The van der Waals surface area contributed by atoms with Crippen molar-refractivity contribution in [2.45, 2.75) is 39.0 Å². The lowest BCUT2D eigenvalue weighted by Gasteiger charge is -2.21. The van der Waals surface area contributed by atoms with Crippen LogP contribution in [0.4, 0.5) is 5.82 Å². The summed E-state index contributed by atoms with van der Waals surface area (Å²) in [6, 6.07) is 4.25. The SMILES string of the molecule is CN=C(NCc1ccc(N2CCCC2)nc1)N(C)Cc1csc(C(C)OC)n1. The second kappa shape index (κ2) is 9.84. The maximum absolute atomic E-state index is 5.34. The van der Waals surface area contributed by atoms with Crippen molar-refractivity contribution < 1.29 is 4.74 Å². The van der Waals surface area contributed by atoms with E-state index in [4.69, 9.17) is 4.74 Å². The molecule has 3 rings (SSSR count). The number of methoxy groups -OCH3 is 1. The van der Waals surface area contributed by atoms with Crippen molar-refractivity contribution in [1.82, 2.24) is 20.2 Å². The molecule has 8 heteroatoms. The second-order valence-corrected chi connectivity index (χ2v) is 7.92. The molecule has 0 amide bonds. The highest BCUT2D eigenvalue weighted by Gasteiger charge is 2.14. The first kappa shape index (κ1) is 20.5. The van der Waals surface area contributed by atoms with Gasteiger partial charge in [-0.05, 0) is 31.4 Å². The van der Waals surface area contributed by atoms with Crippen LogP contribution in [0.1, 0.15) is 42.1 Å². The largest absolute Gasteiger partial charge is 0.375 e. The smallest absolute Gasteiger partial charge is 0.194 e. The van der Waals surface area contributed by atoms with Gasteiger partial charge in [0.1, 0.15) is 16.9 Å². The van der Waals surface area contributed by atoms with Crippen molar-refractivity contribution in [2.24, 2.45) is 4.99 Å². The van der Waals surface area contributed by atoms with Crippen LogP contribution < -0.4 is 10.2 Å². The molecule has 0 radical (unpaired) electrons. The third-order valence-electron chi connectivity index (χ3n) is 4.93. The van der Waals surface area contributed by atoms with Crippen molar-refractivity contribution in [3.8, 4) is 0 Å². The molecule has 3 heterocycles. The normalized spacial score (nSPS) is 15.7. The molecule has 0 aliphatic carbocycles. The zero-order chi connectivity index (χ0) is 19.9. The molecule has 1 aliphatic heterocycles. The van der Waals surface area contributed by atoms with E-state index in [1.54, 1.807) is 25.5 Å². The molecule has 0 saturated carbocycles. The maximum Gasteiger partial charge on any atom is 0.194 e. The van der Waals surface area contributed by atoms with Crippen molar-refractivity contribution in [3.05, 3.63) is 40.0 Å². The van der Waals surface area contributed by atoms with Crippen LogP contribution in [0.25, 0.3) is 0 Å². The highest BCUT2D eigenvalue weighted by Crippen LogP contribution is 2.21. The number of thiazole rings is 1. The lowest BCUT2D eigenvalue weighted by Crippen LogP contribution is -2.38. The summed E-state index contributed by atoms with van der Waals surface area (Å²) < 4.78 is 5.34. The van der Waals surface area contributed by atoms with Gasteiger partial charge in [-0.3, -0.25) is 4.99 Å². The summed E-state index contributed by atoms with van der Waals surface area (Å²) in [5.41, 5.74) is 2.16. The minimum atomic E-state index is 0.0255. The number of nitrogens with one attached hydrogen (secondary N) is 1. The van der Waals surface area contributed by atoms with Crippen LogP contribution in [0, 0.1) is 0 Å². The fourth-order valence-corrected chi connectivity index (χ4v) is 4.06. The van der Waals surface area contributed by atoms with E-state index in [9.17, 15) is 0 Å². The van der Waals surface area contributed by atoms with Crippen LogP contribution in [0.15, 0.2) is 28.7 Å². The minimum absolute atomic E-state index is 0.0255. The summed E-state index contributed by atoms with van der Waals surface area (Å²) in [6.45, 7) is 5.62. The molecular formula is C20H30N6OS. The fourth-order valence-electron chi connectivity index (χ4n) is 3.22. The summed E-state index contributed by atoms with van der Waals surface area (Å²) in [6.07, 6.45) is 4.50. The number of ether oxygens (including phenoxy) is 1. The van der Waals surface area contributed by atoms with E-state index >= 15 is 0 Å². The maximum atomic E-state index is 5.34. The molecular weight excluding hydrogens is 372 g/mol. The minimum Gasteiger partial charge on any atom is -0.375 e. The first-order valence-corrected chi connectivity index (χ1v) is 10.6. The van der Waals surface area contributed by atoms with Crippen molar-refractivity contribution in [1.29, 1.82) is 0 Å². The predicted molar refractivity (Wildman–Crippen MR) is 115 cm³/mol. The molecule has 1 fully saturated rings. The number of aliphatic imine (C=N–C) groups is 1. The number of hydrogen-bond donors (Lipinski definition) is 1. The molecule has 7 nitrogen and oxygen atoms in total. The van der Waals surface area contributed by atoms with E-state index in [1.165, 1.54) is 12.8 Å². The Hall–Kier alpha value is -2.19. The first-order chi connectivity index (χ1) is 13.6. The molecule has 0 aromatic carbocycles. The van der Waals surface area contributed by atoms with Crippen LogP contribution in [0.5, 0.6) is 0 Å². The monoisotopic (exact) mass is 402 g/mol. The highest BCUT2D eigenvalue weighted by molar-refractivity contribution is 7.09. The molecule has 1 N–H and O–H groups in total. The van der Waals surface area contributed by atoms with Gasteiger partial charge in [0.2, 0.25) is 0 Å². The zero-order valence-electron chi connectivity index (χ0n) is 17.2. The summed E-state index contributed by atoms with van der Waals surface area (Å²) in [7, 11) is 5.52. The van der Waals surface area contributed by atoms with Crippen LogP contribution in [-0.2, 0) is 17.8 Å². The Morgan fingerprint density at radius 1 is 1.39 bits per heavy atom. The van der Waals surface area contributed by atoms with E-state index in [1.807, 2.05) is 20.2 Å². The van der Waals surface area contributed by atoms with Gasteiger partial charge in [-0.2, -0.15) is 0 Å². The van der Waals surface area contributed by atoms with Gasteiger partial charge in [0.15, 0.2) is 5.96 Å². The number of anilines is 1. The Kier molecular flexibility index (Phi) is 7.22. The van der Waals surface area contributed by atoms with E-state index in [0.717, 1.165) is 41.1 Å². The Morgan fingerprint density at radius 3 is 2.82 bits per heavy atom. The van der Waals surface area contributed by atoms with Crippen LogP contribution in [-0.4, -0.2) is 55.1 Å². The number of guanidine groups is 1. The van der Waals surface area contributed by atoms with Gasteiger partial charge in [0, 0.05) is 52.4 Å². The van der Waals surface area contributed by atoms with E-state index in [-0.39, 0.29) is 6.10 Å². The molecule has 1 unspecified atom stereocenters. The third-order valence-corrected chi connectivity index (χ3v) is 5.99. The summed E-state index contributed by atoms with van der Waals surface area (Å²) in [4.78, 5) is 18.1. The summed E-state index contributed by atoms with van der Waals surface area (Å²) in [5, 5.41) is 6.49. The molecule has 1 saturated heterocycles. The van der Waals surface area contributed by atoms with E-state index < -0.39 is 0 Å². The Balaban J connectivity index is 1.52. The van der Waals surface area contributed by atoms with Gasteiger partial charge in [0.25, 0.3) is 0 Å². The molecule has 1 aliphatic rings. The van der Waals surface area contributed by atoms with E-state index in [0.29, 0.717) is 13.1 Å². The Morgan fingerprint density at radius 2 is 2.18 bits per heavy atom. The van der Waals surface area contributed by atoms with Crippen LogP contribution >= 0.6 is 11.3 Å². The number of aromatic nitrogens is 2. The van der Waals surface area contributed by atoms with Gasteiger partial charge in [-0.25, -0.2) is 9.97 Å². The first-order valence-electron chi connectivity index (χ1n) is 9.69. The number of rotatable bonds is 7. The van der Waals surface area contributed by atoms with Gasteiger partial charge in [-0.1, -0.05) is 6.07 Å². The highest BCUT2D eigenvalue weighted by atomic mass is 32.1. The average Bonchev–Trinajstić information content (AvgIpc) is 3.40. The van der Waals surface area contributed by atoms with Gasteiger partial charge >= 0.3 is 0 Å². The van der Waals surface area contributed by atoms with Crippen molar-refractivity contribution in [2.75, 3.05) is 39.2 Å². The fraction of sp³-hybridized carbons (Fsp3) is 0.550. The Labute approximate surface area is 171 Å². The number of pyridine rings is 1. The lowest BCUT2D eigenvalue weighted by atomic mass is 10.3.